The van der Waals surface area contributed by atoms with Gasteiger partial charge in [-0.3, -0.25) is 19.2 Å². The Kier molecular flexibility index (Phi) is 10.8. The number of aromatic nitrogens is 4. The van der Waals surface area contributed by atoms with E-state index in [1.807, 2.05) is 72.8 Å². The van der Waals surface area contributed by atoms with Gasteiger partial charge in [-0.05, 0) is 138 Å². The fourth-order valence-corrected chi connectivity index (χ4v) is 8.23. The minimum atomic E-state index is 0.306. The molecular formula is C52H38N4O8. The van der Waals surface area contributed by atoms with Crippen molar-refractivity contribution in [3.63, 3.8) is 0 Å². The van der Waals surface area contributed by atoms with Crippen LogP contribution in [0.3, 0.4) is 0 Å². The highest BCUT2D eigenvalue weighted by Crippen LogP contribution is 2.41. The van der Waals surface area contributed by atoms with Crippen LogP contribution in [0.1, 0.15) is 64.2 Å². The largest absolute Gasteiger partial charge is 0.497 e. The van der Waals surface area contributed by atoms with Gasteiger partial charge in [0.1, 0.15) is 48.1 Å². The minimum Gasteiger partial charge on any atom is -0.497 e. The number of ether oxygens (including phenoxy) is 4. The molecule has 0 fully saturated rings. The van der Waals surface area contributed by atoms with Gasteiger partial charge in [0.15, 0.2) is 0 Å². The van der Waals surface area contributed by atoms with Gasteiger partial charge < -0.3 is 28.9 Å². The Balaban J connectivity index is 1.51. The van der Waals surface area contributed by atoms with E-state index in [-0.39, 0.29) is 0 Å². The number of aldehydes is 4. The van der Waals surface area contributed by atoms with Crippen LogP contribution < -0.4 is 18.9 Å². The normalized spacial score (nSPS) is 11.6. The number of aromatic amines is 2. The first-order chi connectivity index (χ1) is 31.3. The molecule has 0 spiro atoms. The van der Waals surface area contributed by atoms with Crippen molar-refractivity contribution in [2.45, 2.75) is 0 Å². The molecule has 0 saturated heterocycles. The van der Waals surface area contributed by atoms with E-state index in [4.69, 9.17) is 28.9 Å². The number of benzene rings is 4. The second-order valence-corrected chi connectivity index (χ2v) is 15.0. The van der Waals surface area contributed by atoms with Gasteiger partial charge in [0.2, 0.25) is 0 Å². The van der Waals surface area contributed by atoms with Gasteiger partial charge in [-0.2, -0.15) is 0 Å². The molecule has 0 atom stereocenters. The molecule has 12 nitrogen and oxygen atoms in total. The first-order valence-electron chi connectivity index (χ1n) is 20.0. The van der Waals surface area contributed by atoms with Crippen LogP contribution in [0, 0.1) is 0 Å². The molecule has 0 saturated carbocycles. The highest BCUT2D eigenvalue weighted by Gasteiger charge is 2.21. The number of fused-ring (bicyclic) bond motifs is 8. The van der Waals surface area contributed by atoms with Gasteiger partial charge in [-0.15, -0.1) is 0 Å². The topological polar surface area (TPSA) is 163 Å². The zero-order valence-corrected chi connectivity index (χ0v) is 35.0. The number of nitrogens with zero attached hydrogens (tertiary/aromatic N) is 2. The van der Waals surface area contributed by atoms with E-state index in [0.29, 0.717) is 136 Å². The highest BCUT2D eigenvalue weighted by atomic mass is 16.5. The molecule has 8 bridgehead atoms. The first kappa shape index (κ1) is 40.7. The van der Waals surface area contributed by atoms with Crippen LogP contribution in [0.15, 0.2) is 97.1 Å². The summed E-state index contributed by atoms with van der Waals surface area (Å²) >= 11 is 0. The van der Waals surface area contributed by atoms with E-state index < -0.39 is 0 Å². The molecule has 2 N–H and O–H groups in total. The zero-order valence-electron chi connectivity index (χ0n) is 35.0. The van der Waals surface area contributed by atoms with Gasteiger partial charge in [0.05, 0.1) is 51.2 Å². The molecule has 9 rings (SSSR count). The maximum absolute atomic E-state index is 12.3. The van der Waals surface area contributed by atoms with Crippen molar-refractivity contribution in [3.8, 4) is 67.5 Å². The molecule has 5 heterocycles. The molecule has 64 heavy (non-hydrogen) atoms. The van der Waals surface area contributed by atoms with E-state index >= 15 is 0 Å². The SMILES string of the molecule is COc1cc(C=O)cc(-c2c3nc(c(-c4cc(OC)cc(OC)c4)c4ccc([nH]4)c(-c4cc(C=O)cc(OC)c4)c4nc(c(-c5cc(C=O)cc(C=O)c5)c5ccc2[nH]5)C=C4)C=C3)c1. The predicted molar refractivity (Wildman–Crippen MR) is 248 cm³/mol. The smallest absolute Gasteiger partial charge is 0.150 e. The molecule has 0 unspecified atom stereocenters. The van der Waals surface area contributed by atoms with Crippen LogP contribution in [-0.4, -0.2) is 73.5 Å². The summed E-state index contributed by atoms with van der Waals surface area (Å²) in [5.74, 6) is 2.09. The van der Waals surface area contributed by atoms with Gasteiger partial charge in [-0.25, -0.2) is 9.97 Å². The van der Waals surface area contributed by atoms with Crippen molar-refractivity contribution in [2.75, 3.05) is 28.4 Å². The second-order valence-electron chi connectivity index (χ2n) is 15.0. The maximum Gasteiger partial charge on any atom is 0.150 e. The van der Waals surface area contributed by atoms with Gasteiger partial charge in [-0.1, -0.05) is 0 Å². The van der Waals surface area contributed by atoms with Crippen LogP contribution in [0.5, 0.6) is 23.0 Å². The summed E-state index contributed by atoms with van der Waals surface area (Å²) in [5, 5.41) is 0. The number of hydrogen-bond acceptors (Lipinski definition) is 10. The van der Waals surface area contributed by atoms with E-state index in [1.54, 1.807) is 70.9 Å². The van der Waals surface area contributed by atoms with Crippen molar-refractivity contribution >= 4 is 71.5 Å². The number of hydrogen-bond donors (Lipinski definition) is 2. The summed E-state index contributed by atoms with van der Waals surface area (Å²) in [5.41, 5.74) is 11.5. The van der Waals surface area contributed by atoms with E-state index in [1.165, 1.54) is 6.07 Å². The number of methoxy groups -OCH3 is 4. The Morgan fingerprint density at radius 2 is 0.625 bits per heavy atom. The number of nitrogens with one attached hydrogen (secondary N) is 2. The Morgan fingerprint density at radius 3 is 0.922 bits per heavy atom. The van der Waals surface area contributed by atoms with E-state index in [0.717, 1.165) is 23.7 Å². The summed E-state index contributed by atoms with van der Waals surface area (Å²) in [6.07, 6.45) is 10.5. The third-order valence-electron chi connectivity index (χ3n) is 11.1. The van der Waals surface area contributed by atoms with Crippen molar-refractivity contribution in [3.05, 3.63) is 142 Å². The van der Waals surface area contributed by atoms with E-state index in [2.05, 4.69) is 9.97 Å². The minimum absolute atomic E-state index is 0.306. The maximum atomic E-state index is 12.3. The lowest BCUT2D eigenvalue weighted by atomic mass is 9.99. The third kappa shape index (κ3) is 7.53. The van der Waals surface area contributed by atoms with Gasteiger partial charge >= 0.3 is 0 Å². The number of carbonyl (C=O) groups is 4. The Hall–Kier alpha value is -8.64. The number of H-pyrrole nitrogens is 2. The average molecular weight is 847 g/mol. The molecule has 0 amide bonds. The van der Waals surface area contributed by atoms with Crippen molar-refractivity contribution in [1.29, 1.82) is 0 Å². The molecule has 3 aromatic heterocycles. The Bertz CT molecular complexity index is 3210. The summed E-state index contributed by atoms with van der Waals surface area (Å²) < 4.78 is 22.8. The summed E-state index contributed by atoms with van der Waals surface area (Å²) in [6, 6.07) is 28.8. The Morgan fingerprint density at radius 1 is 0.359 bits per heavy atom. The summed E-state index contributed by atoms with van der Waals surface area (Å²) in [4.78, 5) is 67.0. The lowest BCUT2D eigenvalue weighted by Crippen LogP contribution is -1.94. The highest BCUT2D eigenvalue weighted by molar-refractivity contribution is 6.01. The number of carbonyl (C=O) groups excluding carboxylic acids is 4. The van der Waals surface area contributed by atoms with Crippen molar-refractivity contribution in [1.82, 2.24) is 19.9 Å². The van der Waals surface area contributed by atoms with Crippen LogP contribution >= 0.6 is 0 Å². The van der Waals surface area contributed by atoms with Crippen LogP contribution in [-0.2, 0) is 0 Å². The molecule has 0 radical (unpaired) electrons. The summed E-state index contributed by atoms with van der Waals surface area (Å²) in [6.45, 7) is 0. The van der Waals surface area contributed by atoms with Gasteiger partial charge in [0, 0.05) is 72.6 Å². The van der Waals surface area contributed by atoms with Crippen LogP contribution in [0.4, 0.5) is 0 Å². The zero-order chi connectivity index (χ0) is 44.5. The summed E-state index contributed by atoms with van der Waals surface area (Å²) in [7, 11) is 6.27. The molecule has 4 aromatic carbocycles. The second kappa shape index (κ2) is 17.0. The molecule has 7 aromatic rings. The average Bonchev–Trinajstić information content (AvgIpc) is 4.19. The lowest BCUT2D eigenvalue weighted by Gasteiger charge is -2.11. The number of rotatable bonds is 12. The quantitative estimate of drug-likeness (QED) is 0.113. The molecule has 314 valence electrons. The lowest BCUT2D eigenvalue weighted by molar-refractivity contribution is 0.111. The van der Waals surface area contributed by atoms with E-state index in [9.17, 15) is 19.2 Å². The van der Waals surface area contributed by atoms with Crippen LogP contribution in [0.2, 0.25) is 0 Å². The third-order valence-corrected chi connectivity index (χ3v) is 11.1. The molecule has 2 aliphatic rings. The van der Waals surface area contributed by atoms with Crippen LogP contribution in [0.25, 0.3) is 90.9 Å². The van der Waals surface area contributed by atoms with Gasteiger partial charge in [0.25, 0.3) is 0 Å². The van der Waals surface area contributed by atoms with Crippen molar-refractivity contribution in [2.24, 2.45) is 0 Å². The monoisotopic (exact) mass is 846 g/mol. The molecule has 2 aliphatic heterocycles. The molecular weight excluding hydrogens is 809 g/mol. The standard InChI is InChI=1S/C52H38N4O8/c1-61-37-18-31(27-59)16-34(20-37)50-43-7-5-41(53-43)49(33-14-29(25-57)13-30(15-33)26-58)42-6-8-44(54-42)51(35-17-32(28-60)19-38(21-35)62-2)46-10-12-48(56-46)52(47-11-9-45(50)55-47)36-22-39(63-3)24-40(23-36)64-4/h5-28,53,56H,1-4H3. The molecule has 12 heteroatoms. The first-order valence-corrected chi connectivity index (χ1v) is 20.0. The fraction of sp³-hybridized carbons (Fsp3) is 0.0769. The predicted octanol–water partition coefficient (Wildman–Crippen LogP) is 10.6. The van der Waals surface area contributed by atoms with Crippen molar-refractivity contribution < 1.29 is 38.1 Å². The Labute approximate surface area is 366 Å². The molecule has 0 aliphatic carbocycles. The fourth-order valence-electron chi connectivity index (χ4n) is 8.23.